The lowest BCUT2D eigenvalue weighted by Gasteiger charge is -2.28. The summed E-state index contributed by atoms with van der Waals surface area (Å²) in [5, 5.41) is 8.59. The number of halogens is 2. The Morgan fingerprint density at radius 3 is 2.72 bits per heavy atom. The van der Waals surface area contributed by atoms with Crippen LogP contribution in [0.15, 0.2) is 48.5 Å². The van der Waals surface area contributed by atoms with Crippen LogP contribution in [0.3, 0.4) is 0 Å². The number of quaternary nitrogens is 1. The van der Waals surface area contributed by atoms with Gasteiger partial charge in [-0.15, -0.1) is 11.3 Å². The van der Waals surface area contributed by atoms with E-state index in [0.29, 0.717) is 10.0 Å². The maximum absolute atomic E-state index is 12.9. The van der Waals surface area contributed by atoms with Crippen LogP contribution < -0.4 is 15.5 Å². The molecule has 0 fully saturated rings. The molecule has 29 heavy (non-hydrogen) atoms. The van der Waals surface area contributed by atoms with Crippen LogP contribution in [0, 0.1) is 0 Å². The number of thiophene rings is 1. The fourth-order valence-electron chi connectivity index (χ4n) is 4.18. The molecule has 3 N–H and O–H groups in total. The number of carbonyl (C=O) groups excluding carboxylic acids is 1. The molecule has 2 aliphatic heterocycles. The third kappa shape index (κ3) is 3.64. The molecule has 0 aliphatic carbocycles. The molecule has 0 saturated heterocycles. The van der Waals surface area contributed by atoms with E-state index in [-0.39, 0.29) is 12.1 Å². The normalized spacial score (nSPS) is 20.4. The van der Waals surface area contributed by atoms with E-state index in [1.54, 1.807) is 23.5 Å². The molecule has 5 rings (SSSR count). The van der Waals surface area contributed by atoms with E-state index in [2.05, 4.69) is 34.9 Å². The molecule has 2 aromatic carbocycles. The predicted molar refractivity (Wildman–Crippen MR) is 118 cm³/mol. The van der Waals surface area contributed by atoms with Crippen LogP contribution in [0.4, 0.5) is 5.00 Å². The standard InChI is InChI=1S/C22H19Cl2N3OS/c23-14-6-7-15(17(24)10-14)20-25-21(28)19-16-8-9-27(11-13-4-2-1-3-5-13)12-18(16)29-22(19)26-20/h1-7,10,20,26H,8-9,11-12H2,(H,25,28)/p+1/t20-/m0/s1. The lowest BCUT2D eigenvalue weighted by molar-refractivity contribution is -0.929. The van der Waals surface area contributed by atoms with E-state index in [0.717, 1.165) is 42.2 Å². The van der Waals surface area contributed by atoms with Gasteiger partial charge in [0.25, 0.3) is 5.91 Å². The molecule has 4 nitrogen and oxygen atoms in total. The van der Waals surface area contributed by atoms with Crippen molar-refractivity contribution in [2.75, 3.05) is 11.9 Å². The molecule has 3 aromatic rings. The zero-order chi connectivity index (χ0) is 20.0. The average Bonchev–Trinajstić information content (AvgIpc) is 3.06. The van der Waals surface area contributed by atoms with Crippen molar-refractivity contribution in [1.82, 2.24) is 5.32 Å². The molecule has 7 heteroatoms. The number of benzene rings is 2. The molecule has 3 heterocycles. The van der Waals surface area contributed by atoms with Gasteiger partial charge in [-0.3, -0.25) is 4.79 Å². The SMILES string of the molecule is O=C1N[C@H](c2ccc(Cl)cc2Cl)Nc2sc3c(c21)CC[NH+](Cc1ccccc1)C3. The summed E-state index contributed by atoms with van der Waals surface area (Å²) in [6, 6.07) is 15.9. The van der Waals surface area contributed by atoms with Gasteiger partial charge in [-0.2, -0.15) is 0 Å². The molecule has 1 amide bonds. The van der Waals surface area contributed by atoms with Crippen molar-refractivity contribution < 1.29 is 9.69 Å². The first-order valence-corrected chi connectivity index (χ1v) is 11.2. The van der Waals surface area contributed by atoms with E-state index in [9.17, 15) is 4.79 Å². The Kier molecular flexibility index (Phi) is 5.00. The number of fused-ring (bicyclic) bond motifs is 3. The second-order valence-corrected chi connectivity index (χ2v) is 9.46. The first-order valence-electron chi connectivity index (χ1n) is 9.63. The van der Waals surface area contributed by atoms with E-state index in [1.807, 2.05) is 12.1 Å². The van der Waals surface area contributed by atoms with Crippen LogP contribution in [0.25, 0.3) is 0 Å². The monoisotopic (exact) mass is 444 g/mol. The largest absolute Gasteiger partial charge is 0.353 e. The minimum atomic E-state index is -0.354. The van der Waals surface area contributed by atoms with Crippen molar-refractivity contribution in [3.05, 3.63) is 85.7 Å². The summed E-state index contributed by atoms with van der Waals surface area (Å²) >= 11 is 14.1. The number of amides is 1. The van der Waals surface area contributed by atoms with Gasteiger partial charge < -0.3 is 15.5 Å². The Balaban J connectivity index is 1.39. The third-order valence-electron chi connectivity index (χ3n) is 5.58. The molecule has 0 radical (unpaired) electrons. The molecule has 0 spiro atoms. The highest BCUT2D eigenvalue weighted by Crippen LogP contribution is 2.40. The van der Waals surface area contributed by atoms with Crippen molar-refractivity contribution in [1.29, 1.82) is 0 Å². The summed E-state index contributed by atoms with van der Waals surface area (Å²) in [5.41, 5.74) is 4.18. The number of nitrogens with one attached hydrogen (secondary N) is 3. The molecule has 0 saturated carbocycles. The van der Waals surface area contributed by atoms with E-state index in [1.165, 1.54) is 20.9 Å². The highest BCUT2D eigenvalue weighted by Gasteiger charge is 2.35. The highest BCUT2D eigenvalue weighted by molar-refractivity contribution is 7.16. The van der Waals surface area contributed by atoms with E-state index in [4.69, 9.17) is 23.2 Å². The summed E-state index contributed by atoms with van der Waals surface area (Å²) in [7, 11) is 0. The average molecular weight is 445 g/mol. The van der Waals surface area contributed by atoms with Crippen molar-refractivity contribution in [3.8, 4) is 0 Å². The quantitative estimate of drug-likeness (QED) is 0.570. The van der Waals surface area contributed by atoms with E-state index < -0.39 is 0 Å². The number of carbonyl (C=O) groups is 1. The minimum absolute atomic E-state index is 0.0289. The first-order chi connectivity index (χ1) is 14.1. The topological polar surface area (TPSA) is 45.6 Å². The second-order valence-electron chi connectivity index (χ2n) is 7.51. The lowest BCUT2D eigenvalue weighted by Crippen LogP contribution is -3.10. The molecule has 0 bridgehead atoms. The lowest BCUT2D eigenvalue weighted by atomic mass is 10.00. The summed E-state index contributed by atoms with van der Waals surface area (Å²) < 4.78 is 0. The van der Waals surface area contributed by atoms with Gasteiger partial charge in [0.15, 0.2) is 0 Å². The Hall–Kier alpha value is -2.05. The van der Waals surface area contributed by atoms with Gasteiger partial charge in [-0.25, -0.2) is 0 Å². The van der Waals surface area contributed by atoms with Gasteiger partial charge in [0.05, 0.1) is 17.0 Å². The molecular weight excluding hydrogens is 425 g/mol. The molecule has 2 aliphatic rings. The zero-order valence-electron chi connectivity index (χ0n) is 15.6. The molecule has 2 atom stereocenters. The van der Waals surface area contributed by atoms with Gasteiger partial charge >= 0.3 is 0 Å². The maximum atomic E-state index is 12.9. The van der Waals surface area contributed by atoms with Gasteiger partial charge in [0.1, 0.15) is 24.3 Å². The van der Waals surface area contributed by atoms with E-state index >= 15 is 0 Å². The fourth-order valence-corrected chi connectivity index (χ4v) is 6.04. The van der Waals surface area contributed by atoms with Crippen molar-refractivity contribution in [2.24, 2.45) is 0 Å². The van der Waals surface area contributed by atoms with Gasteiger partial charge in [0.2, 0.25) is 0 Å². The summed E-state index contributed by atoms with van der Waals surface area (Å²) in [4.78, 5) is 15.8. The van der Waals surface area contributed by atoms with Crippen molar-refractivity contribution >= 4 is 45.4 Å². The summed E-state index contributed by atoms with van der Waals surface area (Å²) in [6.45, 7) is 2.99. The fraction of sp³-hybridized carbons (Fsp3) is 0.227. The molecule has 1 aromatic heterocycles. The Labute approximate surface area is 183 Å². The minimum Gasteiger partial charge on any atom is -0.353 e. The number of hydrogen-bond acceptors (Lipinski definition) is 3. The van der Waals surface area contributed by atoms with Crippen LogP contribution >= 0.6 is 34.5 Å². The van der Waals surface area contributed by atoms with Crippen molar-refractivity contribution in [3.63, 3.8) is 0 Å². The van der Waals surface area contributed by atoms with Gasteiger partial charge in [-0.05, 0) is 17.7 Å². The second kappa shape index (κ2) is 7.65. The summed E-state index contributed by atoms with van der Waals surface area (Å²) in [6.07, 6.45) is 0.567. The zero-order valence-corrected chi connectivity index (χ0v) is 17.9. The Bertz CT molecular complexity index is 1080. The Morgan fingerprint density at radius 2 is 1.93 bits per heavy atom. The van der Waals surface area contributed by atoms with Gasteiger partial charge in [0, 0.05) is 27.6 Å². The summed E-state index contributed by atoms with van der Waals surface area (Å²) in [5.74, 6) is -0.0289. The van der Waals surface area contributed by atoms with Crippen LogP contribution in [0.2, 0.25) is 10.0 Å². The van der Waals surface area contributed by atoms with Gasteiger partial charge in [-0.1, -0.05) is 59.6 Å². The number of rotatable bonds is 3. The smallest absolute Gasteiger partial charge is 0.256 e. The highest BCUT2D eigenvalue weighted by atomic mass is 35.5. The predicted octanol–water partition coefficient (Wildman–Crippen LogP) is 4.05. The third-order valence-corrected chi connectivity index (χ3v) is 7.30. The van der Waals surface area contributed by atoms with Crippen LogP contribution in [-0.4, -0.2) is 12.5 Å². The molecular formula is C22H20Cl2N3OS+. The van der Waals surface area contributed by atoms with Crippen LogP contribution in [0.1, 0.15) is 38.1 Å². The van der Waals surface area contributed by atoms with Crippen LogP contribution in [0.5, 0.6) is 0 Å². The number of anilines is 1. The first kappa shape index (κ1) is 18.9. The van der Waals surface area contributed by atoms with Crippen LogP contribution in [-0.2, 0) is 19.5 Å². The Morgan fingerprint density at radius 1 is 1.10 bits per heavy atom. The maximum Gasteiger partial charge on any atom is 0.256 e. The molecule has 1 unspecified atom stereocenters. The molecule has 148 valence electrons. The number of hydrogen-bond donors (Lipinski definition) is 3. The van der Waals surface area contributed by atoms with Crippen molar-refractivity contribution in [2.45, 2.75) is 25.7 Å².